The number of halogens is 2. The number of rotatable bonds is 9. The van der Waals surface area contributed by atoms with Crippen molar-refractivity contribution >= 4 is 58.2 Å². The standard InChI is InChI=1S/C29H24ClFN6O4/c30-20-6-2-1-4-17(20)18-5-3-7-22(26(18)31)36-29(41)24-11-15-10-23(15)37(24)25(39)13-34-21-9-8-16(35-14-38)12-19(21)27(32)28(33)40/h1-9,12,15,23-24,32,34H,10-11,13H2,(H2,33,40)(H,36,41). The first kappa shape index (κ1) is 27.7. The summed E-state index contributed by atoms with van der Waals surface area (Å²) < 4.78 is 15.4. The van der Waals surface area contributed by atoms with Gasteiger partial charge in [0.05, 0.1) is 17.9 Å². The predicted octanol–water partition coefficient (Wildman–Crippen LogP) is 4.01. The summed E-state index contributed by atoms with van der Waals surface area (Å²) in [6, 6.07) is 14.7. The SMILES string of the molecule is N=C(C(N)=O)c1cc(N=C=O)ccc1NCC(=O)N1C(C(=O)Nc2cccc(-c3ccccc3Cl)c2F)CC2CC21. The van der Waals surface area contributed by atoms with Crippen molar-refractivity contribution < 1.29 is 23.6 Å². The molecule has 41 heavy (non-hydrogen) atoms. The third-order valence-electron chi connectivity index (χ3n) is 7.24. The van der Waals surface area contributed by atoms with Crippen LogP contribution in [0.1, 0.15) is 18.4 Å². The van der Waals surface area contributed by atoms with Crippen LogP contribution in [0.3, 0.4) is 0 Å². The Bertz CT molecular complexity index is 1640. The topological polar surface area (TPSA) is 158 Å². The molecule has 1 saturated heterocycles. The van der Waals surface area contributed by atoms with Gasteiger partial charge in [-0.25, -0.2) is 9.18 Å². The average molecular weight is 575 g/mol. The number of nitrogens with one attached hydrogen (secondary N) is 3. The minimum Gasteiger partial charge on any atom is -0.376 e. The molecule has 3 amide bonds. The maximum atomic E-state index is 15.4. The van der Waals surface area contributed by atoms with Crippen molar-refractivity contribution in [1.82, 2.24) is 4.90 Å². The first-order valence-electron chi connectivity index (χ1n) is 12.7. The second-order valence-electron chi connectivity index (χ2n) is 9.78. The zero-order chi connectivity index (χ0) is 29.3. The first-order chi connectivity index (χ1) is 19.7. The summed E-state index contributed by atoms with van der Waals surface area (Å²) in [5.74, 6) is -2.36. The highest BCUT2D eigenvalue weighted by Gasteiger charge is 2.55. The molecule has 0 aromatic heterocycles. The maximum absolute atomic E-state index is 15.4. The fraction of sp³-hybridized carbons (Fsp3) is 0.207. The van der Waals surface area contributed by atoms with Crippen LogP contribution in [0.2, 0.25) is 5.02 Å². The van der Waals surface area contributed by atoms with Gasteiger partial charge in [-0.2, -0.15) is 4.99 Å². The number of anilines is 2. The number of nitrogens with zero attached hydrogens (tertiary/aromatic N) is 2. The molecule has 3 unspecified atom stereocenters. The van der Waals surface area contributed by atoms with E-state index >= 15 is 4.39 Å². The zero-order valence-corrected chi connectivity index (χ0v) is 22.2. The summed E-state index contributed by atoms with van der Waals surface area (Å²) in [6.45, 7) is -0.251. The third-order valence-corrected chi connectivity index (χ3v) is 7.57. The van der Waals surface area contributed by atoms with Crippen LogP contribution in [0.5, 0.6) is 0 Å². The van der Waals surface area contributed by atoms with Crippen molar-refractivity contribution in [2.75, 3.05) is 17.2 Å². The summed E-state index contributed by atoms with van der Waals surface area (Å²) in [6.07, 6.45) is 2.60. The van der Waals surface area contributed by atoms with Crippen molar-refractivity contribution in [3.8, 4) is 11.1 Å². The van der Waals surface area contributed by atoms with E-state index in [1.165, 1.54) is 35.2 Å². The quantitative estimate of drug-likeness (QED) is 0.224. The highest BCUT2D eigenvalue weighted by Crippen LogP contribution is 2.48. The number of benzene rings is 3. The predicted molar refractivity (Wildman–Crippen MR) is 151 cm³/mol. The molecular formula is C29H24ClFN6O4. The van der Waals surface area contributed by atoms with Crippen LogP contribution < -0.4 is 16.4 Å². The van der Waals surface area contributed by atoms with E-state index in [-0.39, 0.29) is 52.6 Å². The van der Waals surface area contributed by atoms with Gasteiger partial charge in [0.25, 0.3) is 5.91 Å². The number of hydrogen-bond acceptors (Lipinski definition) is 7. The number of likely N-dealkylation sites (tertiary alicyclic amines) is 1. The van der Waals surface area contributed by atoms with Gasteiger partial charge in [0.1, 0.15) is 11.8 Å². The minimum atomic E-state index is -1.01. The second-order valence-corrected chi connectivity index (χ2v) is 10.2. The van der Waals surface area contributed by atoms with E-state index in [2.05, 4.69) is 15.6 Å². The fourth-order valence-corrected chi connectivity index (χ4v) is 5.43. The van der Waals surface area contributed by atoms with Gasteiger partial charge >= 0.3 is 0 Å². The highest BCUT2D eigenvalue weighted by molar-refractivity contribution is 6.44. The molecule has 5 rings (SSSR count). The van der Waals surface area contributed by atoms with Crippen molar-refractivity contribution in [2.24, 2.45) is 16.6 Å². The molecule has 0 bridgehead atoms. The van der Waals surface area contributed by atoms with E-state index in [0.717, 1.165) is 6.42 Å². The van der Waals surface area contributed by atoms with Crippen LogP contribution >= 0.6 is 11.6 Å². The summed E-state index contributed by atoms with van der Waals surface area (Å²) in [7, 11) is 0. The smallest absolute Gasteiger partial charge is 0.267 e. The molecule has 0 radical (unpaired) electrons. The Kier molecular flexibility index (Phi) is 7.65. The van der Waals surface area contributed by atoms with Crippen molar-refractivity contribution in [3.05, 3.63) is 77.1 Å². The largest absolute Gasteiger partial charge is 0.376 e. The maximum Gasteiger partial charge on any atom is 0.267 e. The Hall–Kier alpha value is -4.86. The highest BCUT2D eigenvalue weighted by atomic mass is 35.5. The molecule has 5 N–H and O–H groups in total. The number of piperidine rings is 1. The van der Waals surface area contributed by atoms with Crippen molar-refractivity contribution in [1.29, 1.82) is 5.41 Å². The molecule has 3 atom stereocenters. The molecule has 1 saturated carbocycles. The van der Waals surface area contributed by atoms with Gasteiger partial charge in [-0.1, -0.05) is 41.9 Å². The Morgan fingerprint density at radius 1 is 1.07 bits per heavy atom. The molecule has 10 nitrogen and oxygen atoms in total. The number of nitrogens with two attached hydrogens (primary N) is 1. The minimum absolute atomic E-state index is 0.0220. The number of primary amides is 1. The Morgan fingerprint density at radius 2 is 1.83 bits per heavy atom. The van der Waals surface area contributed by atoms with Gasteiger partial charge in [-0.05, 0) is 49.1 Å². The van der Waals surface area contributed by atoms with Crippen molar-refractivity contribution in [3.63, 3.8) is 0 Å². The molecule has 2 fully saturated rings. The fourth-order valence-electron chi connectivity index (χ4n) is 5.19. The van der Waals surface area contributed by atoms with Crippen LogP contribution in [-0.2, 0) is 19.2 Å². The van der Waals surface area contributed by atoms with Gasteiger partial charge in [0.2, 0.25) is 17.9 Å². The van der Waals surface area contributed by atoms with Crippen LogP contribution in [-0.4, -0.2) is 53.0 Å². The van der Waals surface area contributed by atoms with Gasteiger partial charge in [0.15, 0.2) is 5.82 Å². The lowest BCUT2D eigenvalue weighted by Crippen LogP contribution is -2.47. The second kappa shape index (κ2) is 11.3. The van der Waals surface area contributed by atoms with E-state index in [9.17, 15) is 19.2 Å². The van der Waals surface area contributed by atoms with Crippen LogP contribution in [0.15, 0.2) is 65.7 Å². The number of carbonyl (C=O) groups excluding carboxylic acids is 4. The molecule has 3 aromatic rings. The number of aliphatic imine (C=N–C) groups is 1. The number of carbonyl (C=O) groups is 3. The monoisotopic (exact) mass is 574 g/mol. The van der Waals surface area contributed by atoms with E-state index in [1.54, 1.807) is 36.4 Å². The lowest BCUT2D eigenvalue weighted by molar-refractivity contribution is -0.136. The van der Waals surface area contributed by atoms with Gasteiger partial charge < -0.3 is 21.3 Å². The lowest BCUT2D eigenvalue weighted by atomic mass is 10.0. The Balaban J connectivity index is 1.32. The molecule has 208 valence electrons. The van der Waals surface area contributed by atoms with E-state index in [0.29, 0.717) is 17.0 Å². The van der Waals surface area contributed by atoms with E-state index in [1.807, 2.05) is 0 Å². The molecule has 1 aliphatic heterocycles. The van der Waals surface area contributed by atoms with Gasteiger partial charge in [0, 0.05) is 33.4 Å². The first-order valence-corrected chi connectivity index (χ1v) is 13.1. The van der Waals surface area contributed by atoms with E-state index in [4.69, 9.17) is 22.7 Å². The summed E-state index contributed by atoms with van der Waals surface area (Å²) in [5.41, 5.74) is 5.88. The zero-order valence-electron chi connectivity index (χ0n) is 21.5. The lowest BCUT2D eigenvalue weighted by Gasteiger charge is -2.27. The summed E-state index contributed by atoms with van der Waals surface area (Å²) in [5, 5.41) is 13.9. The number of amides is 3. The normalized spacial score (nSPS) is 18.6. The van der Waals surface area contributed by atoms with Crippen LogP contribution in [0.25, 0.3) is 11.1 Å². The summed E-state index contributed by atoms with van der Waals surface area (Å²) >= 11 is 6.25. The molecular weight excluding hydrogens is 551 g/mol. The Labute approximate surface area is 238 Å². The molecule has 3 aromatic carbocycles. The molecule has 12 heteroatoms. The third kappa shape index (κ3) is 5.58. The Morgan fingerprint density at radius 3 is 2.56 bits per heavy atom. The van der Waals surface area contributed by atoms with E-state index < -0.39 is 29.4 Å². The number of fused-ring (bicyclic) bond motifs is 1. The van der Waals surface area contributed by atoms with Gasteiger partial charge in [-0.3, -0.25) is 19.8 Å². The molecule has 2 aliphatic rings. The number of hydrogen-bond donors (Lipinski definition) is 4. The van der Waals surface area contributed by atoms with Crippen LogP contribution in [0, 0.1) is 17.1 Å². The van der Waals surface area contributed by atoms with Crippen molar-refractivity contribution in [2.45, 2.75) is 24.9 Å². The average Bonchev–Trinajstić information content (AvgIpc) is 3.62. The molecule has 1 aliphatic carbocycles. The number of isocyanates is 1. The van der Waals surface area contributed by atoms with Gasteiger partial charge in [-0.15, -0.1) is 0 Å². The summed E-state index contributed by atoms with van der Waals surface area (Å²) in [4.78, 5) is 53.9. The molecule has 1 heterocycles. The van der Waals surface area contributed by atoms with Crippen LogP contribution in [0.4, 0.5) is 21.5 Å². The molecule has 0 spiro atoms.